The van der Waals surface area contributed by atoms with Crippen LogP contribution in [0, 0.1) is 23.7 Å². The summed E-state index contributed by atoms with van der Waals surface area (Å²) in [4.78, 5) is 0. The van der Waals surface area contributed by atoms with E-state index in [-0.39, 0.29) is 6.04 Å². The second kappa shape index (κ2) is 4.48. The van der Waals surface area contributed by atoms with E-state index < -0.39 is 5.60 Å². The summed E-state index contributed by atoms with van der Waals surface area (Å²) in [5.41, 5.74) is 0.202. The van der Waals surface area contributed by atoms with E-state index in [0.29, 0.717) is 11.8 Å². The van der Waals surface area contributed by atoms with Gasteiger partial charge >= 0.3 is 0 Å². The highest BCUT2D eigenvalue weighted by Crippen LogP contribution is 2.62. The molecular weight excluding hydrogens is 264 g/mol. The van der Waals surface area contributed by atoms with E-state index in [0.717, 1.165) is 23.3 Å². The minimum Gasteiger partial charge on any atom is -0.493 e. The van der Waals surface area contributed by atoms with Gasteiger partial charge < -0.3 is 9.84 Å². The minimum atomic E-state index is -0.737. The van der Waals surface area contributed by atoms with Gasteiger partial charge in [-0.2, -0.15) is 5.10 Å². The summed E-state index contributed by atoms with van der Waals surface area (Å²) in [6.45, 7) is 4.24. The van der Waals surface area contributed by atoms with E-state index in [2.05, 4.69) is 18.9 Å². The molecule has 0 aliphatic heterocycles. The Bertz CT molecular complexity index is 521. The average molecular weight is 290 g/mol. The predicted octanol–water partition coefficient (Wildman–Crippen LogP) is 3.12. The van der Waals surface area contributed by atoms with Crippen molar-refractivity contribution in [1.82, 2.24) is 9.78 Å². The van der Waals surface area contributed by atoms with Crippen LogP contribution in [-0.4, -0.2) is 22.0 Å². The first kappa shape index (κ1) is 13.6. The van der Waals surface area contributed by atoms with Crippen LogP contribution in [0.15, 0.2) is 6.20 Å². The van der Waals surface area contributed by atoms with E-state index >= 15 is 0 Å². The highest BCUT2D eigenvalue weighted by molar-refractivity contribution is 5.34. The lowest BCUT2D eigenvalue weighted by molar-refractivity contribution is -0.184. The number of methoxy groups -OCH3 is 1. The Hall–Kier alpha value is -1.03. The van der Waals surface area contributed by atoms with E-state index in [9.17, 15) is 5.11 Å². The van der Waals surface area contributed by atoms with Crippen molar-refractivity contribution in [1.29, 1.82) is 0 Å². The van der Waals surface area contributed by atoms with Crippen LogP contribution in [0.2, 0.25) is 0 Å². The summed E-state index contributed by atoms with van der Waals surface area (Å²) in [7, 11) is 1.69. The highest BCUT2D eigenvalue weighted by atomic mass is 16.5. The average Bonchev–Trinajstić information content (AvgIpc) is 2.88. The maximum Gasteiger partial charge on any atom is 0.162 e. The van der Waals surface area contributed by atoms with E-state index in [4.69, 9.17) is 4.74 Å². The summed E-state index contributed by atoms with van der Waals surface area (Å²) >= 11 is 0. The molecule has 1 aromatic heterocycles. The SMILES string of the molecule is COc1cnn(C(C)C)c1C1(O)C2CC3CC(C2)CC1C3. The lowest BCUT2D eigenvalue weighted by Gasteiger charge is -2.58. The van der Waals surface area contributed by atoms with Crippen molar-refractivity contribution >= 4 is 0 Å². The summed E-state index contributed by atoms with van der Waals surface area (Å²) in [5.74, 6) is 3.22. The second-order valence-corrected chi connectivity index (χ2v) is 7.73. The normalized spacial score (nSPS) is 41.0. The molecule has 4 fully saturated rings. The van der Waals surface area contributed by atoms with E-state index in [1.54, 1.807) is 13.3 Å². The minimum absolute atomic E-state index is 0.241. The van der Waals surface area contributed by atoms with Gasteiger partial charge in [0.25, 0.3) is 0 Å². The lowest BCUT2D eigenvalue weighted by atomic mass is 9.49. The number of hydrogen-bond acceptors (Lipinski definition) is 3. The molecule has 0 spiro atoms. The highest BCUT2D eigenvalue weighted by Gasteiger charge is 2.59. The molecule has 0 radical (unpaired) electrons. The first-order chi connectivity index (χ1) is 10.0. The molecule has 116 valence electrons. The van der Waals surface area contributed by atoms with Gasteiger partial charge in [-0.05, 0) is 69.6 Å². The molecule has 5 rings (SSSR count). The van der Waals surface area contributed by atoms with E-state index in [1.165, 1.54) is 32.1 Å². The summed E-state index contributed by atoms with van der Waals surface area (Å²) < 4.78 is 7.54. The van der Waals surface area contributed by atoms with Gasteiger partial charge in [0, 0.05) is 6.04 Å². The zero-order valence-electron chi connectivity index (χ0n) is 13.2. The molecule has 21 heavy (non-hydrogen) atoms. The zero-order chi connectivity index (χ0) is 14.8. The Labute approximate surface area is 126 Å². The Balaban J connectivity index is 1.83. The largest absolute Gasteiger partial charge is 0.493 e. The molecule has 0 saturated heterocycles. The molecule has 4 heteroatoms. The van der Waals surface area contributed by atoms with E-state index in [1.807, 2.05) is 4.68 Å². The van der Waals surface area contributed by atoms with Crippen molar-refractivity contribution in [2.24, 2.45) is 23.7 Å². The summed E-state index contributed by atoms with van der Waals surface area (Å²) in [6.07, 6.45) is 7.87. The second-order valence-electron chi connectivity index (χ2n) is 7.73. The molecule has 1 aromatic rings. The van der Waals surface area contributed by atoms with Crippen LogP contribution < -0.4 is 4.74 Å². The van der Waals surface area contributed by atoms with Gasteiger partial charge in [-0.1, -0.05) is 0 Å². The zero-order valence-corrected chi connectivity index (χ0v) is 13.2. The fraction of sp³-hybridized carbons (Fsp3) is 0.824. The van der Waals surface area contributed by atoms with Gasteiger partial charge in [-0.15, -0.1) is 0 Å². The van der Waals surface area contributed by atoms with Crippen LogP contribution in [0.4, 0.5) is 0 Å². The van der Waals surface area contributed by atoms with Crippen LogP contribution in [0.25, 0.3) is 0 Å². The number of rotatable bonds is 3. The predicted molar refractivity (Wildman–Crippen MR) is 80.1 cm³/mol. The number of ether oxygens (including phenoxy) is 1. The molecule has 1 N–H and O–H groups in total. The fourth-order valence-electron chi connectivity index (χ4n) is 5.56. The third-order valence-corrected chi connectivity index (χ3v) is 6.23. The van der Waals surface area contributed by atoms with Crippen molar-refractivity contribution in [2.75, 3.05) is 7.11 Å². The summed E-state index contributed by atoms with van der Waals surface area (Å²) in [5, 5.41) is 16.2. The smallest absolute Gasteiger partial charge is 0.162 e. The van der Waals surface area contributed by atoms with Crippen LogP contribution in [0.5, 0.6) is 5.75 Å². The maximum absolute atomic E-state index is 11.8. The molecule has 0 aromatic carbocycles. The molecular formula is C17H26N2O2. The fourth-order valence-corrected chi connectivity index (χ4v) is 5.56. The van der Waals surface area contributed by atoms with Crippen LogP contribution >= 0.6 is 0 Å². The van der Waals surface area contributed by atoms with Crippen molar-refractivity contribution in [3.05, 3.63) is 11.9 Å². The van der Waals surface area contributed by atoms with Crippen LogP contribution in [0.1, 0.15) is 57.7 Å². The van der Waals surface area contributed by atoms with Crippen LogP contribution in [0.3, 0.4) is 0 Å². The molecule has 1 heterocycles. The summed E-state index contributed by atoms with van der Waals surface area (Å²) in [6, 6.07) is 0.241. The van der Waals surface area contributed by atoms with Gasteiger partial charge in [-0.3, -0.25) is 4.68 Å². The van der Waals surface area contributed by atoms with Gasteiger partial charge in [0.15, 0.2) is 5.75 Å². The Morgan fingerprint density at radius 1 is 1.19 bits per heavy atom. The third-order valence-electron chi connectivity index (χ3n) is 6.23. The van der Waals surface area contributed by atoms with Crippen molar-refractivity contribution < 1.29 is 9.84 Å². The maximum atomic E-state index is 11.8. The molecule has 4 nitrogen and oxygen atoms in total. The van der Waals surface area contributed by atoms with Gasteiger partial charge in [0.1, 0.15) is 11.3 Å². The number of nitrogens with zero attached hydrogens (tertiary/aromatic N) is 2. The van der Waals surface area contributed by atoms with Gasteiger partial charge in [0.2, 0.25) is 0 Å². The van der Waals surface area contributed by atoms with Crippen LogP contribution in [-0.2, 0) is 5.60 Å². The molecule has 4 saturated carbocycles. The van der Waals surface area contributed by atoms with Crippen molar-refractivity contribution in [3.63, 3.8) is 0 Å². The molecule has 4 aliphatic rings. The number of aliphatic hydroxyl groups is 1. The third kappa shape index (κ3) is 1.74. The van der Waals surface area contributed by atoms with Crippen molar-refractivity contribution in [3.8, 4) is 5.75 Å². The first-order valence-electron chi connectivity index (χ1n) is 8.38. The Kier molecular flexibility index (Phi) is 2.91. The molecule has 0 unspecified atom stereocenters. The number of aromatic nitrogens is 2. The lowest BCUT2D eigenvalue weighted by Crippen LogP contribution is -2.56. The molecule has 4 bridgehead atoms. The van der Waals surface area contributed by atoms with Gasteiger partial charge in [0.05, 0.1) is 13.3 Å². The number of hydrogen-bond donors (Lipinski definition) is 1. The Morgan fingerprint density at radius 3 is 2.24 bits per heavy atom. The topological polar surface area (TPSA) is 47.3 Å². The van der Waals surface area contributed by atoms with Crippen molar-refractivity contribution in [2.45, 2.75) is 57.6 Å². The quantitative estimate of drug-likeness (QED) is 0.930. The molecule has 0 amide bonds. The molecule has 0 atom stereocenters. The standard InChI is InChI=1S/C17H26N2O2/c1-10(2)19-16(15(21-3)9-18-19)17(20)13-5-11-4-12(7-13)8-14(17)6-11/h9-14,20H,4-8H2,1-3H3. The molecule has 4 aliphatic carbocycles. The Morgan fingerprint density at radius 2 is 1.76 bits per heavy atom. The first-order valence-corrected chi connectivity index (χ1v) is 8.38. The monoisotopic (exact) mass is 290 g/mol. The van der Waals surface area contributed by atoms with Gasteiger partial charge in [-0.25, -0.2) is 0 Å².